The van der Waals surface area contributed by atoms with Crippen molar-refractivity contribution >= 4 is 11.3 Å². The zero-order valence-corrected chi connectivity index (χ0v) is 9.43. The average molecular weight is 243 g/mol. The summed E-state index contributed by atoms with van der Waals surface area (Å²) >= 11 is 0. The second-order valence-electron chi connectivity index (χ2n) is 3.44. The molecule has 92 valence electrons. The van der Waals surface area contributed by atoms with Gasteiger partial charge in [-0.3, -0.25) is 0 Å². The molecule has 0 saturated carbocycles. The number of halogens is 3. The molecule has 0 unspecified atom stereocenters. The van der Waals surface area contributed by atoms with Gasteiger partial charge in [-0.25, -0.2) is 0 Å². The minimum Gasteiger partial charge on any atom is -0.472 e. The van der Waals surface area contributed by atoms with Gasteiger partial charge in [0, 0.05) is 11.3 Å². The Morgan fingerprint density at radius 3 is 2.41 bits per heavy atom. The molecule has 0 atom stereocenters. The highest BCUT2D eigenvalue weighted by Crippen LogP contribution is 2.29. The van der Waals surface area contributed by atoms with Crippen molar-refractivity contribution in [2.45, 2.75) is 20.0 Å². The van der Waals surface area contributed by atoms with Crippen LogP contribution in [-0.4, -0.2) is 11.9 Å². The fraction of sp³-hybridized carbons (Fsp3) is 0.250. The molecule has 2 nitrogen and oxygen atoms in total. The molecule has 0 amide bonds. The van der Waals surface area contributed by atoms with Crippen LogP contribution in [0.4, 0.5) is 13.2 Å². The minimum absolute atomic E-state index is 0.373. The van der Waals surface area contributed by atoms with Crippen LogP contribution in [0.15, 0.2) is 40.7 Å². The fourth-order valence-corrected chi connectivity index (χ4v) is 1.32. The highest BCUT2D eigenvalue weighted by molar-refractivity contribution is 5.99. The lowest BCUT2D eigenvalue weighted by Gasteiger charge is -2.11. The van der Waals surface area contributed by atoms with E-state index in [0.29, 0.717) is 11.1 Å². The SMILES string of the molecule is C/C=C(\C=C(/C(C)=N)C(F)(F)F)c1ccoc1. The molecule has 0 aromatic carbocycles. The van der Waals surface area contributed by atoms with Crippen LogP contribution in [0.3, 0.4) is 0 Å². The molecule has 0 fully saturated rings. The van der Waals surface area contributed by atoms with Crippen LogP contribution in [0, 0.1) is 5.41 Å². The molecule has 0 bridgehead atoms. The van der Waals surface area contributed by atoms with Crippen LogP contribution in [0.5, 0.6) is 0 Å². The second-order valence-corrected chi connectivity index (χ2v) is 3.44. The Hall–Kier alpha value is -1.78. The van der Waals surface area contributed by atoms with Gasteiger partial charge in [0.1, 0.15) is 0 Å². The monoisotopic (exact) mass is 243 g/mol. The van der Waals surface area contributed by atoms with Crippen molar-refractivity contribution in [1.29, 1.82) is 5.41 Å². The summed E-state index contributed by atoms with van der Waals surface area (Å²) in [6.45, 7) is 2.74. The quantitative estimate of drug-likeness (QED) is 0.626. The van der Waals surface area contributed by atoms with E-state index in [1.54, 1.807) is 19.1 Å². The number of hydrogen-bond acceptors (Lipinski definition) is 2. The van der Waals surface area contributed by atoms with Gasteiger partial charge in [-0.05, 0) is 31.6 Å². The van der Waals surface area contributed by atoms with Gasteiger partial charge in [0.05, 0.1) is 18.1 Å². The number of allylic oxidation sites excluding steroid dienone is 4. The van der Waals surface area contributed by atoms with Crippen molar-refractivity contribution in [1.82, 2.24) is 0 Å². The molecule has 1 N–H and O–H groups in total. The Morgan fingerprint density at radius 2 is 2.06 bits per heavy atom. The Kier molecular flexibility index (Phi) is 3.93. The molecule has 0 aliphatic heterocycles. The molecular weight excluding hydrogens is 231 g/mol. The van der Waals surface area contributed by atoms with Gasteiger partial charge in [0.15, 0.2) is 0 Å². The van der Waals surface area contributed by atoms with Gasteiger partial charge < -0.3 is 9.83 Å². The maximum absolute atomic E-state index is 12.6. The molecule has 17 heavy (non-hydrogen) atoms. The van der Waals surface area contributed by atoms with Crippen molar-refractivity contribution < 1.29 is 17.6 Å². The predicted octanol–water partition coefficient (Wildman–Crippen LogP) is 4.21. The van der Waals surface area contributed by atoms with Crippen molar-refractivity contribution in [2.75, 3.05) is 0 Å². The first kappa shape index (κ1) is 13.3. The van der Waals surface area contributed by atoms with Gasteiger partial charge in [-0.1, -0.05) is 6.08 Å². The summed E-state index contributed by atoms with van der Waals surface area (Å²) in [6.07, 6.45) is 0.715. The van der Waals surface area contributed by atoms with E-state index in [2.05, 4.69) is 0 Å². The smallest absolute Gasteiger partial charge is 0.418 e. The van der Waals surface area contributed by atoms with Crippen molar-refractivity contribution in [3.8, 4) is 0 Å². The maximum atomic E-state index is 12.6. The van der Waals surface area contributed by atoms with E-state index < -0.39 is 17.5 Å². The number of nitrogens with one attached hydrogen (secondary N) is 1. The molecule has 1 rings (SSSR count). The normalized spacial score (nSPS) is 13.9. The molecular formula is C12H12F3NO. The minimum atomic E-state index is -4.52. The molecule has 0 aliphatic rings. The van der Waals surface area contributed by atoms with E-state index in [1.165, 1.54) is 12.5 Å². The van der Waals surface area contributed by atoms with Crippen LogP contribution in [0.25, 0.3) is 5.57 Å². The third-order valence-corrected chi connectivity index (χ3v) is 2.17. The Balaban J connectivity index is 3.19. The second kappa shape index (κ2) is 5.03. The van der Waals surface area contributed by atoms with E-state index in [4.69, 9.17) is 9.83 Å². The van der Waals surface area contributed by atoms with Crippen LogP contribution >= 0.6 is 0 Å². The highest BCUT2D eigenvalue weighted by Gasteiger charge is 2.35. The summed E-state index contributed by atoms with van der Waals surface area (Å²) in [6, 6.07) is 1.57. The topological polar surface area (TPSA) is 37.0 Å². The summed E-state index contributed by atoms with van der Waals surface area (Å²) in [7, 11) is 0. The average Bonchev–Trinajstić information content (AvgIpc) is 2.69. The Labute approximate surface area is 96.9 Å². The summed E-state index contributed by atoms with van der Waals surface area (Å²) in [5, 5.41) is 7.16. The molecule has 1 aromatic heterocycles. The van der Waals surface area contributed by atoms with Crippen molar-refractivity contribution in [3.05, 3.63) is 41.9 Å². The first-order valence-electron chi connectivity index (χ1n) is 4.89. The molecule has 0 saturated heterocycles. The van der Waals surface area contributed by atoms with Crippen molar-refractivity contribution in [2.24, 2.45) is 0 Å². The van der Waals surface area contributed by atoms with Gasteiger partial charge >= 0.3 is 6.18 Å². The lowest BCUT2D eigenvalue weighted by atomic mass is 10.0. The lowest BCUT2D eigenvalue weighted by Crippen LogP contribution is -2.17. The van der Waals surface area contributed by atoms with Gasteiger partial charge in [0.25, 0.3) is 0 Å². The largest absolute Gasteiger partial charge is 0.472 e. The summed E-state index contributed by atoms with van der Waals surface area (Å²) in [5.74, 6) is 0. The summed E-state index contributed by atoms with van der Waals surface area (Å²) < 4.78 is 42.8. The van der Waals surface area contributed by atoms with Crippen molar-refractivity contribution in [3.63, 3.8) is 0 Å². The molecule has 0 spiro atoms. The van der Waals surface area contributed by atoms with Crippen LogP contribution in [0.1, 0.15) is 19.4 Å². The summed E-state index contributed by atoms with van der Waals surface area (Å²) in [4.78, 5) is 0. The first-order chi connectivity index (χ1) is 7.86. The van der Waals surface area contributed by atoms with E-state index in [0.717, 1.165) is 13.0 Å². The third kappa shape index (κ3) is 3.34. The molecule has 1 heterocycles. The number of rotatable bonds is 3. The maximum Gasteiger partial charge on any atom is 0.418 e. The zero-order chi connectivity index (χ0) is 13.1. The van der Waals surface area contributed by atoms with Crippen LogP contribution < -0.4 is 0 Å². The van der Waals surface area contributed by atoms with Gasteiger partial charge in [0.2, 0.25) is 0 Å². The Morgan fingerprint density at radius 1 is 1.41 bits per heavy atom. The zero-order valence-electron chi connectivity index (χ0n) is 9.43. The molecule has 5 heteroatoms. The standard InChI is InChI=1S/C12H12F3NO/c1-3-9(10-4-5-17-7-10)6-11(8(2)16)12(13,14)15/h3-7,16H,1-2H3/b9-3+,11-6+,16-8?. The van der Waals surface area contributed by atoms with Crippen LogP contribution in [-0.2, 0) is 0 Å². The van der Waals surface area contributed by atoms with E-state index in [1.807, 2.05) is 0 Å². The number of hydrogen-bond donors (Lipinski definition) is 1. The third-order valence-electron chi connectivity index (χ3n) is 2.17. The van der Waals surface area contributed by atoms with Crippen LogP contribution in [0.2, 0.25) is 0 Å². The fourth-order valence-electron chi connectivity index (χ4n) is 1.32. The van der Waals surface area contributed by atoms with E-state index >= 15 is 0 Å². The van der Waals surface area contributed by atoms with Gasteiger partial charge in [-0.2, -0.15) is 13.2 Å². The predicted molar refractivity (Wildman–Crippen MR) is 59.9 cm³/mol. The van der Waals surface area contributed by atoms with Gasteiger partial charge in [-0.15, -0.1) is 0 Å². The first-order valence-corrected chi connectivity index (χ1v) is 4.89. The molecule has 0 radical (unpaired) electrons. The Bertz CT molecular complexity index is 453. The molecule has 1 aromatic rings. The van der Waals surface area contributed by atoms with E-state index in [-0.39, 0.29) is 0 Å². The highest BCUT2D eigenvalue weighted by atomic mass is 19.4. The lowest BCUT2D eigenvalue weighted by molar-refractivity contribution is -0.0860. The van der Waals surface area contributed by atoms with E-state index in [9.17, 15) is 13.2 Å². The number of alkyl halides is 3. The number of furan rings is 1. The molecule has 0 aliphatic carbocycles. The summed E-state index contributed by atoms with van der Waals surface area (Å²) in [5.41, 5.74) is -0.541.